The minimum Gasteiger partial charge on any atom is -0.387 e. The van der Waals surface area contributed by atoms with E-state index in [1.807, 2.05) is 27.2 Å². The van der Waals surface area contributed by atoms with Crippen LogP contribution in [0.1, 0.15) is 162 Å². The third-order valence-corrected chi connectivity index (χ3v) is 10.7. The summed E-state index contributed by atoms with van der Waals surface area (Å²) in [6.45, 7) is 4.56. The molecule has 0 bridgehead atoms. The zero-order chi connectivity index (χ0) is 45.0. The second-order valence-electron chi connectivity index (χ2n) is 16.7. The van der Waals surface area contributed by atoms with Crippen LogP contribution < -0.4 is 5.32 Å². The summed E-state index contributed by atoms with van der Waals surface area (Å²) < 4.78 is 23.4. The number of rotatable bonds is 41. The molecule has 0 aliphatic rings. The Bertz CT molecular complexity index is 1350. The van der Waals surface area contributed by atoms with E-state index in [2.05, 4.69) is 116 Å². The molecule has 0 heterocycles. The largest absolute Gasteiger partial charge is 0.472 e. The standard InChI is InChI=1S/C52H89N2O6P/c1-6-8-10-12-14-16-17-18-19-20-21-22-23-24-25-26-27-28-29-30-31-32-33-34-35-36-37-38-40-42-44-46-52(56)53-50(49-60-61(57,58)59-48-47-54(3,4)5)51(55)45-43-41-39-15-13-11-9-7-2/h8,10,13-16,18-19,21-22,24-25,27-28,30-31,43,45,50-51,55H,6-7,9,11-12,17,20,23,26,29,32-42,44,46-49H2,1-5H3,(H-,53,56,57,58)/p+1/b10-8-,15-13+,16-14-,19-18-,22-21-,25-24-,28-27-,31-30-,45-43+. The van der Waals surface area contributed by atoms with Crippen LogP contribution in [0.4, 0.5) is 0 Å². The number of amides is 1. The first-order valence-electron chi connectivity index (χ1n) is 23.8. The number of aliphatic hydroxyl groups is 1. The van der Waals surface area contributed by atoms with E-state index in [1.165, 1.54) is 51.4 Å². The van der Waals surface area contributed by atoms with Gasteiger partial charge in [-0.15, -0.1) is 0 Å². The van der Waals surface area contributed by atoms with E-state index >= 15 is 0 Å². The monoisotopic (exact) mass is 870 g/mol. The molecule has 0 aromatic heterocycles. The van der Waals surface area contributed by atoms with Crippen LogP contribution >= 0.6 is 7.82 Å². The van der Waals surface area contributed by atoms with Gasteiger partial charge in [-0.3, -0.25) is 13.8 Å². The normalized spacial score (nSPS) is 15.2. The Hall–Kier alpha value is -2.84. The Labute approximate surface area is 374 Å². The quantitative estimate of drug-likeness (QED) is 0.0245. The molecule has 348 valence electrons. The highest BCUT2D eigenvalue weighted by molar-refractivity contribution is 7.47. The van der Waals surface area contributed by atoms with Crippen LogP contribution in [-0.4, -0.2) is 73.4 Å². The first-order valence-corrected chi connectivity index (χ1v) is 25.3. The molecule has 0 radical (unpaired) electrons. The van der Waals surface area contributed by atoms with Gasteiger partial charge >= 0.3 is 7.82 Å². The van der Waals surface area contributed by atoms with E-state index in [1.54, 1.807) is 6.08 Å². The lowest BCUT2D eigenvalue weighted by molar-refractivity contribution is -0.870. The third kappa shape index (κ3) is 45.0. The van der Waals surface area contributed by atoms with Gasteiger partial charge in [0, 0.05) is 6.42 Å². The minimum atomic E-state index is -4.35. The number of allylic oxidation sites excluding steroid dienone is 17. The van der Waals surface area contributed by atoms with Crippen molar-refractivity contribution >= 4 is 13.7 Å². The Morgan fingerprint density at radius 2 is 1.00 bits per heavy atom. The Balaban J connectivity index is 4.15. The highest BCUT2D eigenvalue weighted by Gasteiger charge is 2.27. The van der Waals surface area contributed by atoms with Crippen molar-refractivity contribution in [3.05, 3.63) is 109 Å². The number of hydrogen-bond donors (Lipinski definition) is 3. The number of quaternary nitrogens is 1. The predicted octanol–water partition coefficient (Wildman–Crippen LogP) is 13.7. The number of likely N-dealkylation sites (N-methyl/N-ethyl adjacent to an activating group) is 1. The summed E-state index contributed by atoms with van der Waals surface area (Å²) >= 11 is 0. The van der Waals surface area contributed by atoms with Crippen LogP contribution in [0.15, 0.2) is 109 Å². The number of aliphatic hydroxyl groups excluding tert-OH is 1. The Morgan fingerprint density at radius 1 is 0.574 bits per heavy atom. The Kier molecular flexibility index (Phi) is 40.5. The van der Waals surface area contributed by atoms with Gasteiger partial charge in [0.15, 0.2) is 0 Å². The number of nitrogens with one attached hydrogen (secondary N) is 1. The van der Waals surface area contributed by atoms with Gasteiger partial charge in [0.1, 0.15) is 13.2 Å². The summed E-state index contributed by atoms with van der Waals surface area (Å²) in [7, 11) is 1.53. The van der Waals surface area contributed by atoms with E-state index in [9.17, 15) is 19.4 Å². The summed E-state index contributed by atoms with van der Waals surface area (Å²) in [5.41, 5.74) is 0. The lowest BCUT2D eigenvalue weighted by atomic mass is 10.1. The summed E-state index contributed by atoms with van der Waals surface area (Å²) in [6, 6.07) is -0.871. The van der Waals surface area contributed by atoms with Crippen LogP contribution in [0.3, 0.4) is 0 Å². The van der Waals surface area contributed by atoms with Crippen molar-refractivity contribution in [2.75, 3.05) is 40.9 Å². The van der Waals surface area contributed by atoms with Gasteiger partial charge in [-0.05, 0) is 83.5 Å². The maximum atomic E-state index is 12.8. The number of carbonyl (C=O) groups excluding carboxylic acids is 1. The molecule has 8 nitrogen and oxygen atoms in total. The van der Waals surface area contributed by atoms with Crippen LogP contribution in [0, 0.1) is 0 Å². The number of phosphoric ester groups is 1. The highest BCUT2D eigenvalue weighted by Crippen LogP contribution is 2.43. The molecule has 0 aliphatic carbocycles. The first-order chi connectivity index (χ1) is 29.5. The van der Waals surface area contributed by atoms with Crippen molar-refractivity contribution in [2.45, 2.75) is 174 Å². The van der Waals surface area contributed by atoms with Gasteiger partial charge in [-0.25, -0.2) is 4.57 Å². The van der Waals surface area contributed by atoms with E-state index < -0.39 is 20.0 Å². The van der Waals surface area contributed by atoms with E-state index in [0.717, 1.165) is 89.9 Å². The highest BCUT2D eigenvalue weighted by atomic mass is 31.2. The molecular weight excluding hydrogens is 780 g/mol. The van der Waals surface area contributed by atoms with Crippen molar-refractivity contribution in [2.24, 2.45) is 0 Å². The molecule has 0 spiro atoms. The minimum absolute atomic E-state index is 0.0486. The van der Waals surface area contributed by atoms with Gasteiger partial charge in [-0.2, -0.15) is 0 Å². The fourth-order valence-electron chi connectivity index (χ4n) is 5.96. The molecule has 0 fully saturated rings. The molecule has 61 heavy (non-hydrogen) atoms. The molecule has 0 aromatic carbocycles. The maximum Gasteiger partial charge on any atom is 0.472 e. The van der Waals surface area contributed by atoms with E-state index in [-0.39, 0.29) is 19.1 Å². The number of unbranched alkanes of at least 4 members (excludes halogenated alkanes) is 12. The summed E-state index contributed by atoms with van der Waals surface area (Å²) in [4.78, 5) is 23.0. The topological polar surface area (TPSA) is 105 Å². The average molecular weight is 870 g/mol. The maximum absolute atomic E-state index is 12.8. The van der Waals surface area contributed by atoms with Gasteiger partial charge in [0.2, 0.25) is 5.91 Å². The fraction of sp³-hybridized carbons (Fsp3) is 0.635. The molecule has 9 heteroatoms. The van der Waals surface area contributed by atoms with Crippen molar-refractivity contribution in [3.63, 3.8) is 0 Å². The van der Waals surface area contributed by atoms with Crippen molar-refractivity contribution in [1.29, 1.82) is 0 Å². The number of hydrogen-bond acceptors (Lipinski definition) is 5. The predicted molar refractivity (Wildman–Crippen MR) is 262 cm³/mol. The third-order valence-electron chi connectivity index (χ3n) is 9.73. The molecule has 3 N–H and O–H groups in total. The molecule has 0 rings (SSSR count). The SMILES string of the molecule is CC/C=C\C/C=C\C/C=C\C/C=C\C/C=C\C/C=C\C/C=C\CCCCCCCCCCCC(=O)NC(COP(=O)(O)OCC[N+](C)(C)C)C(O)/C=C/CC/C=C/CCCC. The van der Waals surface area contributed by atoms with Crippen molar-refractivity contribution < 1.29 is 32.9 Å². The average Bonchev–Trinajstić information content (AvgIpc) is 3.21. The molecule has 1 amide bonds. The fourth-order valence-corrected chi connectivity index (χ4v) is 6.70. The molecule has 0 saturated heterocycles. The van der Waals surface area contributed by atoms with E-state index in [4.69, 9.17) is 9.05 Å². The summed E-state index contributed by atoms with van der Waals surface area (Å²) in [5.74, 6) is -0.204. The second kappa shape index (κ2) is 42.5. The van der Waals surface area contributed by atoms with Crippen molar-refractivity contribution in [3.8, 4) is 0 Å². The van der Waals surface area contributed by atoms with Gasteiger partial charge in [0.25, 0.3) is 0 Å². The number of phosphoric acid groups is 1. The molecule has 0 aromatic rings. The van der Waals surface area contributed by atoms with Crippen molar-refractivity contribution in [1.82, 2.24) is 5.32 Å². The molecule has 3 unspecified atom stereocenters. The van der Waals surface area contributed by atoms with Crippen LogP contribution in [0.2, 0.25) is 0 Å². The Morgan fingerprint density at radius 3 is 1.51 bits per heavy atom. The zero-order valence-corrected chi connectivity index (χ0v) is 40.2. The zero-order valence-electron chi connectivity index (χ0n) is 39.4. The molecule has 0 aliphatic heterocycles. The van der Waals surface area contributed by atoms with Crippen LogP contribution in [-0.2, 0) is 18.4 Å². The molecule has 0 saturated carbocycles. The summed E-state index contributed by atoms with van der Waals surface area (Å²) in [6.07, 6.45) is 61.9. The molecule has 3 atom stereocenters. The number of carbonyl (C=O) groups is 1. The second-order valence-corrected chi connectivity index (χ2v) is 18.2. The molecular formula is C52H90N2O6P+. The lowest BCUT2D eigenvalue weighted by Crippen LogP contribution is -2.45. The van der Waals surface area contributed by atoms with Gasteiger partial charge in [-0.1, -0.05) is 181 Å². The summed E-state index contributed by atoms with van der Waals surface area (Å²) in [5, 5.41) is 13.7. The van der Waals surface area contributed by atoms with Gasteiger partial charge in [0.05, 0.1) is 39.9 Å². The van der Waals surface area contributed by atoms with Crippen LogP contribution in [0.25, 0.3) is 0 Å². The van der Waals surface area contributed by atoms with E-state index in [0.29, 0.717) is 17.4 Å². The first kappa shape index (κ1) is 58.2. The number of nitrogens with zero attached hydrogens (tertiary/aromatic N) is 1. The smallest absolute Gasteiger partial charge is 0.387 e. The van der Waals surface area contributed by atoms with Gasteiger partial charge < -0.3 is 19.8 Å². The lowest BCUT2D eigenvalue weighted by Gasteiger charge is -2.25. The van der Waals surface area contributed by atoms with Crippen LogP contribution in [0.5, 0.6) is 0 Å².